The number of anilines is 1. The number of thiocarbonyl (C=S) groups is 1. The molecule has 3 heterocycles. The maximum Gasteiger partial charge on any atom is 0.226 e. The van der Waals surface area contributed by atoms with Crippen molar-refractivity contribution in [1.29, 1.82) is 0 Å². The molecule has 2 aromatic heterocycles. The standard InChI is InChI=1S/C32H35N5OS/c1-5-24-13-7-9-16-28(24)37-22(3)20-25(23(37)4)31-30(27-15-10-11-18-33-27)35-32(39)36(31)19-17-29(38)34-26-14-8-6-12-21(26)2/h6-16,18,20,30-31H,5,17,19H2,1-4H3,(H,34,38)(H,35,39)/t30-,31+/m1/s1. The summed E-state index contributed by atoms with van der Waals surface area (Å²) >= 11 is 5.86. The smallest absolute Gasteiger partial charge is 0.226 e. The molecule has 1 aliphatic rings. The first-order valence-corrected chi connectivity index (χ1v) is 13.9. The van der Waals surface area contributed by atoms with Crippen LogP contribution in [-0.4, -0.2) is 32.0 Å². The number of amides is 1. The molecular formula is C32H35N5OS. The Labute approximate surface area is 236 Å². The lowest BCUT2D eigenvalue weighted by Crippen LogP contribution is -2.33. The summed E-state index contributed by atoms with van der Waals surface area (Å²) in [5.74, 6) is -0.0329. The van der Waals surface area contributed by atoms with Gasteiger partial charge in [-0.25, -0.2) is 0 Å². The third-order valence-electron chi connectivity index (χ3n) is 7.60. The number of nitrogens with one attached hydrogen (secondary N) is 2. The van der Waals surface area contributed by atoms with Gasteiger partial charge in [-0.3, -0.25) is 9.78 Å². The van der Waals surface area contributed by atoms with Crippen LogP contribution in [0.5, 0.6) is 0 Å². The van der Waals surface area contributed by atoms with E-state index in [4.69, 9.17) is 12.2 Å². The average Bonchev–Trinajstić information content (AvgIpc) is 3.43. The van der Waals surface area contributed by atoms with Crippen molar-refractivity contribution in [1.82, 2.24) is 19.8 Å². The van der Waals surface area contributed by atoms with Crippen molar-refractivity contribution in [2.24, 2.45) is 0 Å². The zero-order valence-electron chi connectivity index (χ0n) is 22.9. The van der Waals surface area contributed by atoms with E-state index >= 15 is 0 Å². The van der Waals surface area contributed by atoms with Crippen LogP contribution < -0.4 is 10.6 Å². The van der Waals surface area contributed by atoms with Gasteiger partial charge in [0, 0.05) is 41.9 Å². The quantitative estimate of drug-likeness (QED) is 0.256. The van der Waals surface area contributed by atoms with Crippen molar-refractivity contribution in [3.05, 3.63) is 113 Å². The van der Waals surface area contributed by atoms with Crippen molar-refractivity contribution in [3.63, 3.8) is 0 Å². The lowest BCUT2D eigenvalue weighted by Gasteiger charge is -2.28. The number of hydrogen-bond donors (Lipinski definition) is 2. The molecule has 2 aromatic carbocycles. The highest BCUT2D eigenvalue weighted by Crippen LogP contribution is 2.41. The molecule has 0 saturated carbocycles. The number of benzene rings is 2. The normalized spacial score (nSPS) is 16.8. The van der Waals surface area contributed by atoms with Gasteiger partial charge in [0.15, 0.2) is 5.11 Å². The molecule has 7 heteroatoms. The van der Waals surface area contributed by atoms with E-state index in [2.05, 4.69) is 76.2 Å². The van der Waals surface area contributed by atoms with Crippen molar-refractivity contribution < 1.29 is 4.79 Å². The third-order valence-corrected chi connectivity index (χ3v) is 7.95. The molecule has 1 saturated heterocycles. The van der Waals surface area contributed by atoms with Gasteiger partial charge in [0.1, 0.15) is 0 Å². The average molecular weight is 538 g/mol. The fraction of sp³-hybridized carbons (Fsp3) is 0.281. The van der Waals surface area contributed by atoms with E-state index in [0.29, 0.717) is 18.1 Å². The lowest BCUT2D eigenvalue weighted by molar-refractivity contribution is -0.116. The number of rotatable bonds is 8. The summed E-state index contributed by atoms with van der Waals surface area (Å²) in [6.45, 7) is 9.00. The molecular weight excluding hydrogens is 502 g/mol. The van der Waals surface area contributed by atoms with Gasteiger partial charge in [0.05, 0.1) is 17.8 Å². The molecule has 0 unspecified atom stereocenters. The van der Waals surface area contributed by atoms with Crippen molar-refractivity contribution in [2.75, 3.05) is 11.9 Å². The van der Waals surface area contributed by atoms with E-state index in [1.807, 2.05) is 55.6 Å². The van der Waals surface area contributed by atoms with Crippen LogP contribution in [0.4, 0.5) is 5.69 Å². The van der Waals surface area contributed by atoms with E-state index in [1.165, 1.54) is 28.2 Å². The summed E-state index contributed by atoms with van der Waals surface area (Å²) in [7, 11) is 0. The van der Waals surface area contributed by atoms with Gasteiger partial charge in [-0.05, 0) is 86.4 Å². The summed E-state index contributed by atoms with van der Waals surface area (Å²) < 4.78 is 2.34. The summed E-state index contributed by atoms with van der Waals surface area (Å²) in [6, 6.07) is 24.4. The Hall–Kier alpha value is -3.97. The molecule has 0 aliphatic carbocycles. The van der Waals surface area contributed by atoms with E-state index in [9.17, 15) is 4.79 Å². The summed E-state index contributed by atoms with van der Waals surface area (Å²) in [5.41, 5.74) is 8.82. The fourth-order valence-corrected chi connectivity index (χ4v) is 5.95. The van der Waals surface area contributed by atoms with Crippen LogP contribution in [0.3, 0.4) is 0 Å². The molecule has 200 valence electrons. The van der Waals surface area contributed by atoms with Crippen LogP contribution in [0.15, 0.2) is 79.0 Å². The van der Waals surface area contributed by atoms with E-state index < -0.39 is 0 Å². The van der Waals surface area contributed by atoms with Gasteiger partial charge < -0.3 is 20.1 Å². The Bertz CT molecular complexity index is 1500. The number of carbonyl (C=O) groups is 1. The fourth-order valence-electron chi connectivity index (χ4n) is 5.62. The monoisotopic (exact) mass is 537 g/mol. The molecule has 1 fully saturated rings. The molecule has 5 rings (SSSR count). The van der Waals surface area contributed by atoms with Crippen molar-refractivity contribution >= 4 is 28.9 Å². The minimum Gasteiger partial charge on any atom is -0.352 e. The van der Waals surface area contributed by atoms with Crippen molar-refractivity contribution in [2.45, 2.75) is 52.6 Å². The minimum absolute atomic E-state index is 0.0329. The summed E-state index contributed by atoms with van der Waals surface area (Å²) in [4.78, 5) is 19.8. The molecule has 2 N–H and O–H groups in total. The minimum atomic E-state index is -0.131. The highest BCUT2D eigenvalue weighted by molar-refractivity contribution is 7.80. The Morgan fingerprint density at radius 1 is 1.03 bits per heavy atom. The van der Waals surface area contributed by atoms with E-state index in [-0.39, 0.29) is 18.0 Å². The highest BCUT2D eigenvalue weighted by atomic mass is 32.1. The highest BCUT2D eigenvalue weighted by Gasteiger charge is 2.41. The number of carbonyl (C=O) groups excluding carboxylic acids is 1. The number of aryl methyl sites for hydroxylation is 3. The number of para-hydroxylation sites is 2. The van der Waals surface area contributed by atoms with Gasteiger partial charge in [-0.15, -0.1) is 0 Å². The molecule has 2 atom stereocenters. The first-order chi connectivity index (χ1) is 18.9. The van der Waals surface area contributed by atoms with Crippen LogP contribution in [0.1, 0.15) is 59.2 Å². The van der Waals surface area contributed by atoms with Crippen LogP contribution in [0.2, 0.25) is 0 Å². The SMILES string of the molecule is CCc1ccccc1-n1c(C)cc([C@H]2[C@@H](c3ccccn3)NC(=S)N2CCC(=O)Nc2ccccc2C)c1C. The van der Waals surface area contributed by atoms with Crippen molar-refractivity contribution in [3.8, 4) is 5.69 Å². The first kappa shape index (κ1) is 26.6. The Balaban J connectivity index is 1.49. The number of aromatic nitrogens is 2. The number of nitrogens with zero attached hydrogens (tertiary/aromatic N) is 3. The topological polar surface area (TPSA) is 62.2 Å². The van der Waals surface area contributed by atoms with Crippen LogP contribution >= 0.6 is 12.2 Å². The second-order valence-electron chi connectivity index (χ2n) is 10.1. The summed E-state index contributed by atoms with van der Waals surface area (Å²) in [5, 5.41) is 7.22. The van der Waals surface area contributed by atoms with Gasteiger partial charge in [-0.1, -0.05) is 49.4 Å². The van der Waals surface area contributed by atoms with Gasteiger partial charge >= 0.3 is 0 Å². The zero-order valence-corrected chi connectivity index (χ0v) is 23.8. The van der Waals surface area contributed by atoms with E-state index in [1.54, 1.807) is 0 Å². The number of hydrogen-bond acceptors (Lipinski definition) is 3. The molecule has 4 aromatic rings. The molecule has 39 heavy (non-hydrogen) atoms. The zero-order chi connectivity index (χ0) is 27.5. The third kappa shape index (κ3) is 5.32. The van der Waals surface area contributed by atoms with Crippen LogP contribution in [0, 0.1) is 20.8 Å². The maximum absolute atomic E-state index is 13.0. The first-order valence-electron chi connectivity index (χ1n) is 13.5. The van der Waals surface area contributed by atoms with Gasteiger partial charge in [-0.2, -0.15) is 0 Å². The van der Waals surface area contributed by atoms with Crippen LogP contribution in [0.25, 0.3) is 5.69 Å². The largest absolute Gasteiger partial charge is 0.352 e. The Morgan fingerprint density at radius 2 is 1.77 bits per heavy atom. The lowest BCUT2D eigenvalue weighted by atomic mass is 9.96. The second-order valence-corrected chi connectivity index (χ2v) is 10.5. The van der Waals surface area contributed by atoms with Gasteiger partial charge in [0.25, 0.3) is 0 Å². The molecule has 0 radical (unpaired) electrons. The molecule has 0 spiro atoms. The van der Waals surface area contributed by atoms with E-state index in [0.717, 1.165) is 23.4 Å². The molecule has 1 aliphatic heterocycles. The molecule has 1 amide bonds. The predicted octanol–water partition coefficient (Wildman–Crippen LogP) is 6.36. The Morgan fingerprint density at radius 3 is 2.51 bits per heavy atom. The molecule has 0 bridgehead atoms. The second kappa shape index (κ2) is 11.4. The Kier molecular flexibility index (Phi) is 7.79. The summed E-state index contributed by atoms with van der Waals surface area (Å²) in [6.07, 6.45) is 3.09. The van der Waals surface area contributed by atoms with Crippen LogP contribution in [-0.2, 0) is 11.2 Å². The van der Waals surface area contributed by atoms with Gasteiger partial charge in [0.2, 0.25) is 5.91 Å². The maximum atomic E-state index is 13.0. The number of pyridine rings is 1. The predicted molar refractivity (Wildman–Crippen MR) is 161 cm³/mol. The molecule has 6 nitrogen and oxygen atoms in total.